The topological polar surface area (TPSA) is 50.8 Å². The lowest BCUT2D eigenvalue weighted by molar-refractivity contribution is -0.126. The van der Waals surface area contributed by atoms with Gasteiger partial charge in [0.2, 0.25) is 12.7 Å². The van der Waals surface area contributed by atoms with Crippen molar-refractivity contribution in [1.82, 2.24) is 10.2 Å². The number of ether oxygens (including phenoxy) is 2. The van der Waals surface area contributed by atoms with Crippen LogP contribution in [0.2, 0.25) is 0 Å². The molecule has 24 heavy (non-hydrogen) atoms. The highest BCUT2D eigenvalue weighted by molar-refractivity contribution is 5.78. The number of carbonyl (C=O) groups excluding carboxylic acids is 1. The molecule has 0 spiro atoms. The molecule has 1 amide bonds. The maximum absolute atomic E-state index is 12.5. The molecule has 132 valence electrons. The largest absolute Gasteiger partial charge is 0.454 e. The van der Waals surface area contributed by atoms with Crippen LogP contribution in [0.1, 0.15) is 44.2 Å². The Labute approximate surface area is 144 Å². The number of rotatable bonds is 6. The second-order valence-corrected chi connectivity index (χ2v) is 7.17. The summed E-state index contributed by atoms with van der Waals surface area (Å²) in [7, 11) is 4.06. The summed E-state index contributed by atoms with van der Waals surface area (Å²) in [6.07, 6.45) is 4.90. The van der Waals surface area contributed by atoms with Gasteiger partial charge in [-0.1, -0.05) is 25.8 Å². The normalized spacial score (nSPS) is 19.5. The zero-order valence-corrected chi connectivity index (χ0v) is 14.9. The number of likely N-dealkylation sites (N-methyl/N-ethyl adjacent to an activating group) is 1. The minimum atomic E-state index is 0.104. The first-order chi connectivity index (χ1) is 11.6. The Morgan fingerprint density at radius 1 is 1.25 bits per heavy atom. The van der Waals surface area contributed by atoms with Gasteiger partial charge in [0, 0.05) is 12.5 Å². The van der Waals surface area contributed by atoms with Crippen LogP contribution in [0, 0.1) is 11.8 Å². The van der Waals surface area contributed by atoms with Gasteiger partial charge in [0.05, 0.1) is 6.04 Å². The van der Waals surface area contributed by atoms with E-state index in [-0.39, 0.29) is 24.7 Å². The number of benzene rings is 1. The van der Waals surface area contributed by atoms with Gasteiger partial charge in [-0.3, -0.25) is 4.79 Å². The van der Waals surface area contributed by atoms with E-state index in [9.17, 15) is 4.79 Å². The van der Waals surface area contributed by atoms with Crippen LogP contribution in [0.5, 0.6) is 11.5 Å². The van der Waals surface area contributed by atoms with Crippen molar-refractivity contribution in [2.24, 2.45) is 11.8 Å². The first-order valence-corrected chi connectivity index (χ1v) is 8.90. The maximum atomic E-state index is 12.5. The van der Waals surface area contributed by atoms with Gasteiger partial charge in [0.1, 0.15) is 0 Å². The molecular formula is C19H28N2O3. The third-order valence-corrected chi connectivity index (χ3v) is 5.39. The Hall–Kier alpha value is -1.75. The van der Waals surface area contributed by atoms with E-state index in [0.29, 0.717) is 12.5 Å². The van der Waals surface area contributed by atoms with Crippen LogP contribution in [0.15, 0.2) is 18.2 Å². The van der Waals surface area contributed by atoms with Gasteiger partial charge < -0.3 is 19.7 Å². The summed E-state index contributed by atoms with van der Waals surface area (Å²) in [6, 6.07) is 6.11. The zero-order chi connectivity index (χ0) is 17.1. The monoisotopic (exact) mass is 332 g/mol. The van der Waals surface area contributed by atoms with Crippen molar-refractivity contribution in [2.45, 2.75) is 38.6 Å². The lowest BCUT2D eigenvalue weighted by Gasteiger charge is -2.27. The molecule has 1 fully saturated rings. The van der Waals surface area contributed by atoms with Crippen molar-refractivity contribution in [1.29, 1.82) is 0 Å². The number of amides is 1. The highest BCUT2D eigenvalue weighted by atomic mass is 16.7. The smallest absolute Gasteiger partial charge is 0.231 e. The molecule has 5 nitrogen and oxygen atoms in total. The molecule has 1 heterocycles. The number of carbonyl (C=O) groups is 1. The molecule has 2 unspecified atom stereocenters. The number of nitrogens with zero attached hydrogens (tertiary/aromatic N) is 1. The second kappa shape index (κ2) is 7.43. The molecule has 1 aromatic rings. The van der Waals surface area contributed by atoms with Gasteiger partial charge in [-0.05, 0) is 50.6 Å². The summed E-state index contributed by atoms with van der Waals surface area (Å²) >= 11 is 0. The van der Waals surface area contributed by atoms with Crippen LogP contribution >= 0.6 is 0 Å². The Kier molecular flexibility index (Phi) is 5.29. The fraction of sp³-hybridized carbons (Fsp3) is 0.632. The van der Waals surface area contributed by atoms with E-state index in [4.69, 9.17) is 9.47 Å². The van der Waals surface area contributed by atoms with Gasteiger partial charge in [0.25, 0.3) is 0 Å². The molecule has 0 radical (unpaired) electrons. The first kappa shape index (κ1) is 17.1. The molecule has 1 saturated carbocycles. The van der Waals surface area contributed by atoms with Crippen molar-refractivity contribution < 1.29 is 14.3 Å². The zero-order valence-electron chi connectivity index (χ0n) is 14.9. The SMILES string of the molecule is CC(C(=O)NCC(c1ccc2c(c1)OCO2)N(C)C)C1CCCC1. The first-order valence-electron chi connectivity index (χ1n) is 8.90. The molecule has 5 heteroatoms. The summed E-state index contributed by atoms with van der Waals surface area (Å²) < 4.78 is 10.8. The number of hydrogen-bond donors (Lipinski definition) is 1. The molecule has 0 bridgehead atoms. The van der Waals surface area contributed by atoms with Crippen LogP contribution in [-0.4, -0.2) is 38.2 Å². The Bertz CT molecular complexity index is 582. The van der Waals surface area contributed by atoms with Gasteiger partial charge in [-0.15, -0.1) is 0 Å². The van der Waals surface area contributed by atoms with Crippen molar-refractivity contribution in [3.8, 4) is 11.5 Å². The highest BCUT2D eigenvalue weighted by Crippen LogP contribution is 2.35. The van der Waals surface area contributed by atoms with Gasteiger partial charge >= 0.3 is 0 Å². The van der Waals surface area contributed by atoms with Crippen molar-refractivity contribution in [3.05, 3.63) is 23.8 Å². The Morgan fingerprint density at radius 3 is 2.67 bits per heavy atom. The maximum Gasteiger partial charge on any atom is 0.231 e. The lowest BCUT2D eigenvalue weighted by atomic mass is 9.92. The standard InChI is InChI=1S/C19H28N2O3/c1-13(14-6-4-5-7-14)19(22)20-11-16(21(2)3)15-8-9-17-18(10-15)24-12-23-17/h8-10,13-14,16H,4-7,11-12H2,1-3H3,(H,20,22). The molecule has 0 saturated heterocycles. The van der Waals surface area contributed by atoms with Crippen LogP contribution in [0.4, 0.5) is 0 Å². The summed E-state index contributed by atoms with van der Waals surface area (Å²) in [4.78, 5) is 14.6. The van der Waals surface area contributed by atoms with E-state index >= 15 is 0 Å². The predicted octanol–water partition coefficient (Wildman–Crippen LogP) is 2.96. The molecule has 1 aliphatic carbocycles. The fourth-order valence-corrected chi connectivity index (χ4v) is 3.75. The number of fused-ring (bicyclic) bond motifs is 1. The third kappa shape index (κ3) is 3.66. The van der Waals surface area contributed by atoms with Crippen LogP contribution in [0.3, 0.4) is 0 Å². The Morgan fingerprint density at radius 2 is 1.96 bits per heavy atom. The summed E-state index contributed by atoms with van der Waals surface area (Å²) in [6.45, 7) is 2.94. The minimum absolute atomic E-state index is 0.104. The van der Waals surface area contributed by atoms with E-state index < -0.39 is 0 Å². The predicted molar refractivity (Wildman–Crippen MR) is 93.1 cm³/mol. The minimum Gasteiger partial charge on any atom is -0.454 e. The summed E-state index contributed by atoms with van der Waals surface area (Å²) in [5.41, 5.74) is 1.12. The summed E-state index contributed by atoms with van der Waals surface area (Å²) in [5, 5.41) is 3.15. The van der Waals surface area contributed by atoms with Crippen LogP contribution < -0.4 is 14.8 Å². The quantitative estimate of drug-likeness (QED) is 0.870. The van der Waals surface area contributed by atoms with Crippen LogP contribution in [-0.2, 0) is 4.79 Å². The molecule has 0 aromatic heterocycles. The molecule has 1 N–H and O–H groups in total. The third-order valence-electron chi connectivity index (χ3n) is 5.39. The molecule has 1 aromatic carbocycles. The van der Waals surface area contributed by atoms with Gasteiger partial charge in [-0.25, -0.2) is 0 Å². The Balaban J connectivity index is 1.63. The van der Waals surface area contributed by atoms with E-state index in [1.165, 1.54) is 25.7 Å². The van der Waals surface area contributed by atoms with E-state index in [1.54, 1.807) is 0 Å². The van der Waals surface area contributed by atoms with Gasteiger partial charge in [-0.2, -0.15) is 0 Å². The average Bonchev–Trinajstić information content (AvgIpc) is 3.24. The highest BCUT2D eigenvalue weighted by Gasteiger charge is 2.27. The molecule has 2 atom stereocenters. The molecule has 3 rings (SSSR count). The number of nitrogens with one attached hydrogen (secondary N) is 1. The van der Waals surface area contributed by atoms with Crippen molar-refractivity contribution in [2.75, 3.05) is 27.4 Å². The molecular weight excluding hydrogens is 304 g/mol. The fourth-order valence-electron chi connectivity index (χ4n) is 3.75. The molecule has 1 aliphatic heterocycles. The average molecular weight is 332 g/mol. The van der Waals surface area contributed by atoms with Gasteiger partial charge in [0.15, 0.2) is 11.5 Å². The van der Waals surface area contributed by atoms with E-state index in [2.05, 4.69) is 17.1 Å². The van der Waals surface area contributed by atoms with E-state index in [0.717, 1.165) is 17.1 Å². The van der Waals surface area contributed by atoms with Crippen molar-refractivity contribution >= 4 is 5.91 Å². The summed E-state index contributed by atoms with van der Waals surface area (Å²) in [5.74, 6) is 2.40. The van der Waals surface area contributed by atoms with E-state index in [1.807, 2.05) is 32.3 Å². The van der Waals surface area contributed by atoms with Crippen molar-refractivity contribution in [3.63, 3.8) is 0 Å². The van der Waals surface area contributed by atoms with Crippen LogP contribution in [0.25, 0.3) is 0 Å². The number of hydrogen-bond acceptors (Lipinski definition) is 4. The molecule has 2 aliphatic rings. The lowest BCUT2D eigenvalue weighted by Crippen LogP contribution is -2.38. The second-order valence-electron chi connectivity index (χ2n) is 7.17.